The van der Waals surface area contributed by atoms with E-state index in [1.54, 1.807) is 19.0 Å². The summed E-state index contributed by atoms with van der Waals surface area (Å²) in [5.74, 6) is 1.59. The highest BCUT2D eigenvalue weighted by molar-refractivity contribution is 5.84. The summed E-state index contributed by atoms with van der Waals surface area (Å²) in [6.45, 7) is 4.97. The maximum absolute atomic E-state index is 11.8. The molecular weight excluding hydrogens is 304 g/mol. The summed E-state index contributed by atoms with van der Waals surface area (Å²) in [6.07, 6.45) is 1.94. The summed E-state index contributed by atoms with van der Waals surface area (Å²) < 4.78 is 5.93. The van der Waals surface area contributed by atoms with Gasteiger partial charge in [-0.25, -0.2) is 4.99 Å². The first kappa shape index (κ1) is 18.1. The second-order valence-electron chi connectivity index (χ2n) is 6.34. The van der Waals surface area contributed by atoms with Gasteiger partial charge in [0, 0.05) is 26.6 Å². The van der Waals surface area contributed by atoms with E-state index in [0.717, 1.165) is 18.6 Å². The molecule has 1 aliphatic rings. The Morgan fingerprint density at radius 3 is 2.83 bits per heavy atom. The van der Waals surface area contributed by atoms with Gasteiger partial charge in [0.1, 0.15) is 18.4 Å². The predicted molar refractivity (Wildman–Crippen MR) is 96.4 cm³/mol. The van der Waals surface area contributed by atoms with Gasteiger partial charge in [0.2, 0.25) is 5.91 Å². The van der Waals surface area contributed by atoms with Crippen molar-refractivity contribution in [2.75, 3.05) is 27.2 Å². The maximum atomic E-state index is 11.8. The second kappa shape index (κ2) is 8.57. The molecule has 6 heteroatoms. The Morgan fingerprint density at radius 1 is 1.42 bits per heavy atom. The molecule has 1 aliphatic heterocycles. The molecule has 1 aromatic carbocycles. The van der Waals surface area contributed by atoms with E-state index >= 15 is 0 Å². The van der Waals surface area contributed by atoms with Crippen LogP contribution in [0.3, 0.4) is 0 Å². The molecule has 6 nitrogen and oxygen atoms in total. The van der Waals surface area contributed by atoms with Crippen LogP contribution in [0.15, 0.2) is 29.3 Å². The van der Waals surface area contributed by atoms with Crippen LogP contribution in [0.2, 0.25) is 0 Å². The molecule has 0 radical (unpaired) electrons. The van der Waals surface area contributed by atoms with Crippen LogP contribution in [0, 0.1) is 0 Å². The Morgan fingerprint density at radius 2 is 2.17 bits per heavy atom. The Balaban J connectivity index is 1.91. The summed E-state index contributed by atoms with van der Waals surface area (Å²) in [6, 6.07) is 8.39. The Kier molecular flexibility index (Phi) is 6.46. The van der Waals surface area contributed by atoms with Gasteiger partial charge < -0.3 is 20.3 Å². The number of carbonyl (C=O) groups excluding carboxylic acids is 1. The van der Waals surface area contributed by atoms with Crippen molar-refractivity contribution in [1.29, 1.82) is 0 Å². The fraction of sp³-hybridized carbons (Fsp3) is 0.556. The SMILES string of the molecule is CCC(C)NC(=NCC(=O)N(C)C)NCC1Cc2ccccc2O1. The molecule has 0 saturated carbocycles. The fourth-order valence-electron chi connectivity index (χ4n) is 2.35. The van der Waals surface area contributed by atoms with Gasteiger partial charge in [0.25, 0.3) is 0 Å². The molecule has 1 amide bonds. The summed E-state index contributed by atoms with van der Waals surface area (Å²) in [4.78, 5) is 17.7. The molecule has 0 spiro atoms. The van der Waals surface area contributed by atoms with E-state index in [2.05, 4.69) is 35.5 Å². The van der Waals surface area contributed by atoms with Gasteiger partial charge in [-0.2, -0.15) is 0 Å². The molecule has 0 saturated heterocycles. The van der Waals surface area contributed by atoms with Crippen molar-refractivity contribution >= 4 is 11.9 Å². The minimum absolute atomic E-state index is 0.0234. The van der Waals surface area contributed by atoms with E-state index in [-0.39, 0.29) is 24.6 Å². The van der Waals surface area contributed by atoms with Gasteiger partial charge in [0.05, 0.1) is 6.54 Å². The minimum atomic E-state index is -0.0234. The van der Waals surface area contributed by atoms with Crippen molar-refractivity contribution in [3.8, 4) is 5.75 Å². The number of hydrogen-bond acceptors (Lipinski definition) is 3. The van der Waals surface area contributed by atoms with Crippen molar-refractivity contribution in [1.82, 2.24) is 15.5 Å². The van der Waals surface area contributed by atoms with Crippen molar-refractivity contribution in [2.45, 2.75) is 38.8 Å². The molecule has 2 N–H and O–H groups in total. The summed E-state index contributed by atoms with van der Waals surface area (Å²) >= 11 is 0. The lowest BCUT2D eigenvalue weighted by atomic mass is 10.1. The van der Waals surface area contributed by atoms with Crippen LogP contribution in [0.25, 0.3) is 0 Å². The van der Waals surface area contributed by atoms with Gasteiger partial charge >= 0.3 is 0 Å². The normalized spacial score (nSPS) is 17.7. The largest absolute Gasteiger partial charge is 0.488 e. The molecule has 1 aromatic rings. The highest BCUT2D eigenvalue weighted by atomic mass is 16.5. The smallest absolute Gasteiger partial charge is 0.243 e. The number of nitrogens with zero attached hydrogens (tertiary/aromatic N) is 2. The second-order valence-corrected chi connectivity index (χ2v) is 6.34. The molecule has 132 valence electrons. The first-order chi connectivity index (χ1) is 11.5. The highest BCUT2D eigenvalue weighted by Gasteiger charge is 2.22. The van der Waals surface area contributed by atoms with Crippen molar-refractivity contribution in [3.05, 3.63) is 29.8 Å². The van der Waals surface area contributed by atoms with E-state index in [0.29, 0.717) is 12.5 Å². The van der Waals surface area contributed by atoms with Crippen LogP contribution in [-0.2, 0) is 11.2 Å². The van der Waals surface area contributed by atoms with Crippen molar-refractivity contribution in [3.63, 3.8) is 0 Å². The average molecular weight is 332 g/mol. The molecule has 0 aliphatic carbocycles. The molecule has 1 heterocycles. The topological polar surface area (TPSA) is 66.0 Å². The number of fused-ring (bicyclic) bond motifs is 1. The molecule has 0 bridgehead atoms. The molecule has 2 atom stereocenters. The standard InChI is InChI=1S/C18H28N4O2/c1-5-13(2)21-18(20-12-17(23)22(3)4)19-11-15-10-14-8-6-7-9-16(14)24-15/h6-9,13,15H,5,10-12H2,1-4H3,(H2,19,20,21). The average Bonchev–Trinajstić information content (AvgIpc) is 2.99. The predicted octanol–water partition coefficient (Wildman–Crippen LogP) is 1.41. The number of nitrogens with one attached hydrogen (secondary N) is 2. The summed E-state index contributed by atoms with van der Waals surface area (Å²) in [5.41, 5.74) is 1.24. The van der Waals surface area contributed by atoms with Gasteiger partial charge in [-0.3, -0.25) is 4.79 Å². The first-order valence-corrected chi connectivity index (χ1v) is 8.49. The van der Waals surface area contributed by atoms with Crippen molar-refractivity contribution in [2.24, 2.45) is 4.99 Å². The van der Waals surface area contributed by atoms with Gasteiger partial charge in [-0.05, 0) is 25.0 Å². The van der Waals surface area contributed by atoms with Crippen LogP contribution in [0.5, 0.6) is 5.75 Å². The zero-order valence-corrected chi connectivity index (χ0v) is 15.0. The number of likely N-dealkylation sites (N-methyl/N-ethyl adjacent to an activating group) is 1. The number of carbonyl (C=O) groups is 1. The number of ether oxygens (including phenoxy) is 1. The number of guanidine groups is 1. The van der Waals surface area contributed by atoms with E-state index in [9.17, 15) is 4.79 Å². The van der Waals surface area contributed by atoms with Crippen LogP contribution in [0.4, 0.5) is 0 Å². The summed E-state index contributed by atoms with van der Waals surface area (Å²) in [7, 11) is 3.47. The lowest BCUT2D eigenvalue weighted by Crippen LogP contribution is -2.46. The van der Waals surface area contributed by atoms with Crippen LogP contribution in [0.1, 0.15) is 25.8 Å². The quantitative estimate of drug-likeness (QED) is 0.611. The molecule has 24 heavy (non-hydrogen) atoms. The summed E-state index contributed by atoms with van der Waals surface area (Å²) in [5, 5.41) is 6.62. The van der Waals surface area contributed by atoms with E-state index in [4.69, 9.17) is 4.74 Å². The third-order valence-electron chi connectivity index (χ3n) is 4.08. The van der Waals surface area contributed by atoms with E-state index < -0.39 is 0 Å². The number of rotatable bonds is 6. The van der Waals surface area contributed by atoms with E-state index in [1.807, 2.05) is 18.2 Å². The van der Waals surface area contributed by atoms with Crippen LogP contribution < -0.4 is 15.4 Å². The molecule has 2 rings (SSSR count). The molecular formula is C18H28N4O2. The van der Waals surface area contributed by atoms with Crippen LogP contribution >= 0.6 is 0 Å². The third-order valence-corrected chi connectivity index (χ3v) is 4.08. The zero-order chi connectivity index (χ0) is 17.5. The molecule has 2 unspecified atom stereocenters. The maximum Gasteiger partial charge on any atom is 0.243 e. The van der Waals surface area contributed by atoms with Gasteiger partial charge in [-0.1, -0.05) is 25.1 Å². The third kappa shape index (κ3) is 5.15. The number of amides is 1. The minimum Gasteiger partial charge on any atom is -0.488 e. The molecule has 0 fully saturated rings. The van der Waals surface area contributed by atoms with Crippen LogP contribution in [-0.4, -0.2) is 56.1 Å². The number of benzene rings is 1. The number of aliphatic imine (C=N–C) groups is 1. The lowest BCUT2D eigenvalue weighted by Gasteiger charge is -2.19. The number of para-hydroxylation sites is 1. The Hall–Kier alpha value is -2.24. The fourth-order valence-corrected chi connectivity index (χ4v) is 2.35. The zero-order valence-electron chi connectivity index (χ0n) is 15.0. The van der Waals surface area contributed by atoms with Gasteiger partial charge in [0.15, 0.2) is 5.96 Å². The van der Waals surface area contributed by atoms with Gasteiger partial charge in [-0.15, -0.1) is 0 Å². The Labute approximate surface area is 144 Å². The van der Waals surface area contributed by atoms with Crippen molar-refractivity contribution < 1.29 is 9.53 Å². The monoisotopic (exact) mass is 332 g/mol. The first-order valence-electron chi connectivity index (χ1n) is 8.49. The molecule has 0 aromatic heterocycles. The van der Waals surface area contributed by atoms with E-state index in [1.165, 1.54) is 5.56 Å². The number of hydrogen-bond donors (Lipinski definition) is 2. The highest BCUT2D eigenvalue weighted by Crippen LogP contribution is 2.27. The lowest BCUT2D eigenvalue weighted by molar-refractivity contribution is -0.127. The Bertz CT molecular complexity index is 561.